The molecule has 1 aromatic heterocycles. The van der Waals surface area contributed by atoms with Gasteiger partial charge in [0.25, 0.3) is 0 Å². The first kappa shape index (κ1) is 21.3. The highest BCUT2D eigenvalue weighted by Crippen LogP contribution is 2.24. The molecule has 4 rings (SSSR count). The molecule has 0 aliphatic carbocycles. The topological polar surface area (TPSA) is 50.2 Å². The molecule has 1 saturated heterocycles. The summed E-state index contributed by atoms with van der Waals surface area (Å²) in [6.07, 6.45) is 5.26. The van der Waals surface area contributed by atoms with Crippen LogP contribution in [0.2, 0.25) is 0 Å². The number of para-hydroxylation sites is 1. The molecule has 2 heterocycles. The van der Waals surface area contributed by atoms with Crippen LogP contribution in [-0.4, -0.2) is 39.7 Å². The molecule has 1 N–H and O–H groups in total. The summed E-state index contributed by atoms with van der Waals surface area (Å²) >= 11 is 0. The maximum Gasteiger partial charge on any atom is 0.225 e. The number of aryl methyl sites for hydroxylation is 1. The van der Waals surface area contributed by atoms with E-state index in [9.17, 15) is 4.79 Å². The summed E-state index contributed by atoms with van der Waals surface area (Å²) in [5.74, 6) is 0.0582. The molecule has 3 aromatic rings. The third-order valence-electron chi connectivity index (χ3n) is 6.25. The molecule has 1 aliphatic rings. The van der Waals surface area contributed by atoms with E-state index in [0.29, 0.717) is 12.5 Å². The predicted octanol–water partition coefficient (Wildman–Crippen LogP) is 4.91. The van der Waals surface area contributed by atoms with Crippen molar-refractivity contribution in [1.82, 2.24) is 14.7 Å². The molecule has 0 spiro atoms. The first-order valence-corrected chi connectivity index (χ1v) is 11.3. The monoisotopic (exact) mass is 416 g/mol. The van der Waals surface area contributed by atoms with E-state index in [2.05, 4.69) is 45.6 Å². The fraction of sp³-hybridized carbons (Fsp3) is 0.385. The van der Waals surface area contributed by atoms with Gasteiger partial charge in [-0.2, -0.15) is 5.10 Å². The second kappa shape index (κ2) is 9.92. The van der Waals surface area contributed by atoms with Crippen LogP contribution in [0.1, 0.15) is 42.6 Å². The van der Waals surface area contributed by atoms with Crippen LogP contribution < -0.4 is 5.32 Å². The predicted molar refractivity (Wildman–Crippen MR) is 126 cm³/mol. The molecule has 1 unspecified atom stereocenters. The minimum absolute atomic E-state index is 0.0582. The van der Waals surface area contributed by atoms with E-state index in [-0.39, 0.29) is 5.91 Å². The minimum atomic E-state index is 0.0582. The lowest BCUT2D eigenvalue weighted by molar-refractivity contribution is -0.116. The Morgan fingerprint density at radius 1 is 1.03 bits per heavy atom. The standard InChI is InChI=1S/C26H32N4O/c1-20-26(21(2)30(28-20)23-13-7-4-8-14-23)27-25(31)16-18-29-17-10-9-15-24(29)19-22-11-5-3-6-12-22/h3-8,11-14,24H,9-10,15-19H2,1-2H3,(H,27,31). The lowest BCUT2D eigenvalue weighted by Crippen LogP contribution is -2.42. The van der Waals surface area contributed by atoms with E-state index in [1.807, 2.05) is 48.9 Å². The van der Waals surface area contributed by atoms with Gasteiger partial charge in [-0.1, -0.05) is 55.0 Å². The van der Waals surface area contributed by atoms with Gasteiger partial charge < -0.3 is 5.32 Å². The number of amides is 1. The van der Waals surface area contributed by atoms with Crippen molar-refractivity contribution in [2.45, 2.75) is 52.0 Å². The van der Waals surface area contributed by atoms with Crippen LogP contribution in [0.15, 0.2) is 60.7 Å². The highest BCUT2D eigenvalue weighted by molar-refractivity contribution is 5.92. The number of carbonyl (C=O) groups is 1. The molecule has 2 aromatic carbocycles. The summed E-state index contributed by atoms with van der Waals surface area (Å²) < 4.78 is 1.89. The molecular formula is C26H32N4O. The Morgan fingerprint density at radius 3 is 2.48 bits per heavy atom. The number of rotatable bonds is 7. The van der Waals surface area contributed by atoms with Crippen molar-refractivity contribution in [3.63, 3.8) is 0 Å². The van der Waals surface area contributed by atoms with Crippen LogP contribution in [0.25, 0.3) is 5.69 Å². The molecule has 5 nitrogen and oxygen atoms in total. The molecule has 1 atom stereocenters. The second-order valence-corrected chi connectivity index (χ2v) is 8.47. The normalized spacial score (nSPS) is 16.9. The molecule has 0 radical (unpaired) electrons. The van der Waals surface area contributed by atoms with Crippen molar-refractivity contribution >= 4 is 11.6 Å². The smallest absolute Gasteiger partial charge is 0.225 e. The van der Waals surface area contributed by atoms with Gasteiger partial charge in [0.1, 0.15) is 0 Å². The third kappa shape index (κ3) is 5.23. The van der Waals surface area contributed by atoms with E-state index in [0.717, 1.165) is 42.3 Å². The zero-order valence-electron chi connectivity index (χ0n) is 18.6. The fourth-order valence-electron chi connectivity index (χ4n) is 4.56. The first-order valence-electron chi connectivity index (χ1n) is 11.3. The quantitative estimate of drug-likeness (QED) is 0.595. The van der Waals surface area contributed by atoms with Crippen molar-refractivity contribution in [2.24, 2.45) is 0 Å². The Bertz CT molecular complexity index is 997. The number of likely N-dealkylation sites (tertiary alicyclic amines) is 1. The number of piperidine rings is 1. The third-order valence-corrected chi connectivity index (χ3v) is 6.25. The van der Waals surface area contributed by atoms with Crippen LogP contribution in [0.4, 0.5) is 5.69 Å². The van der Waals surface area contributed by atoms with Crippen LogP contribution >= 0.6 is 0 Å². The number of nitrogens with zero attached hydrogens (tertiary/aromatic N) is 3. The summed E-state index contributed by atoms with van der Waals surface area (Å²) in [6, 6.07) is 21.2. The van der Waals surface area contributed by atoms with Gasteiger partial charge in [-0.15, -0.1) is 0 Å². The average molecular weight is 417 g/mol. The Kier molecular flexibility index (Phi) is 6.82. The summed E-state index contributed by atoms with van der Waals surface area (Å²) in [5, 5.41) is 7.76. The average Bonchev–Trinajstić information content (AvgIpc) is 3.08. The summed E-state index contributed by atoms with van der Waals surface area (Å²) in [7, 11) is 0. The molecule has 1 amide bonds. The van der Waals surface area contributed by atoms with E-state index < -0.39 is 0 Å². The fourth-order valence-corrected chi connectivity index (χ4v) is 4.56. The van der Waals surface area contributed by atoms with Gasteiger partial charge >= 0.3 is 0 Å². The van der Waals surface area contributed by atoms with Gasteiger partial charge in [0.15, 0.2) is 0 Å². The molecular weight excluding hydrogens is 384 g/mol. The van der Waals surface area contributed by atoms with Crippen molar-refractivity contribution in [3.8, 4) is 5.69 Å². The Morgan fingerprint density at radius 2 is 1.74 bits per heavy atom. The maximum atomic E-state index is 12.8. The molecule has 31 heavy (non-hydrogen) atoms. The molecule has 1 aliphatic heterocycles. The summed E-state index contributed by atoms with van der Waals surface area (Å²) in [5.41, 5.74) is 5.00. The Hall–Kier alpha value is -2.92. The maximum absolute atomic E-state index is 12.8. The number of hydrogen-bond donors (Lipinski definition) is 1. The lowest BCUT2D eigenvalue weighted by atomic mass is 9.95. The van der Waals surface area contributed by atoms with Crippen molar-refractivity contribution in [2.75, 3.05) is 18.4 Å². The van der Waals surface area contributed by atoms with Gasteiger partial charge in [0.05, 0.1) is 22.8 Å². The van der Waals surface area contributed by atoms with Crippen LogP contribution in [0.5, 0.6) is 0 Å². The van der Waals surface area contributed by atoms with Gasteiger partial charge in [0.2, 0.25) is 5.91 Å². The lowest BCUT2D eigenvalue weighted by Gasteiger charge is -2.35. The molecule has 0 bridgehead atoms. The highest BCUT2D eigenvalue weighted by Gasteiger charge is 2.23. The SMILES string of the molecule is Cc1nn(-c2ccccc2)c(C)c1NC(=O)CCN1CCCCC1Cc1ccccc1. The summed E-state index contributed by atoms with van der Waals surface area (Å²) in [6.45, 7) is 5.83. The number of aromatic nitrogens is 2. The zero-order chi connectivity index (χ0) is 21.6. The van der Waals surface area contributed by atoms with E-state index in [1.54, 1.807) is 0 Å². The van der Waals surface area contributed by atoms with Crippen molar-refractivity contribution in [1.29, 1.82) is 0 Å². The van der Waals surface area contributed by atoms with Crippen molar-refractivity contribution in [3.05, 3.63) is 77.6 Å². The largest absolute Gasteiger partial charge is 0.323 e. The summed E-state index contributed by atoms with van der Waals surface area (Å²) in [4.78, 5) is 15.3. The van der Waals surface area contributed by atoms with E-state index in [4.69, 9.17) is 0 Å². The molecule has 0 saturated carbocycles. The second-order valence-electron chi connectivity index (χ2n) is 8.47. The van der Waals surface area contributed by atoms with Gasteiger partial charge in [-0.3, -0.25) is 9.69 Å². The van der Waals surface area contributed by atoms with E-state index >= 15 is 0 Å². The Balaban J connectivity index is 1.37. The van der Waals surface area contributed by atoms with Gasteiger partial charge in [0, 0.05) is 19.0 Å². The van der Waals surface area contributed by atoms with Crippen LogP contribution in [0, 0.1) is 13.8 Å². The molecule has 1 fully saturated rings. The molecule has 5 heteroatoms. The minimum Gasteiger partial charge on any atom is -0.323 e. The highest BCUT2D eigenvalue weighted by atomic mass is 16.1. The number of anilines is 1. The van der Waals surface area contributed by atoms with Crippen LogP contribution in [-0.2, 0) is 11.2 Å². The van der Waals surface area contributed by atoms with Gasteiger partial charge in [-0.05, 0) is 57.4 Å². The Labute approximate surface area is 185 Å². The number of nitrogens with one attached hydrogen (secondary N) is 1. The number of carbonyl (C=O) groups excluding carboxylic acids is 1. The first-order chi connectivity index (χ1) is 15.1. The van der Waals surface area contributed by atoms with E-state index in [1.165, 1.54) is 24.8 Å². The zero-order valence-corrected chi connectivity index (χ0v) is 18.6. The van der Waals surface area contributed by atoms with Gasteiger partial charge in [-0.25, -0.2) is 4.68 Å². The number of benzene rings is 2. The number of hydrogen-bond acceptors (Lipinski definition) is 3. The molecule has 162 valence electrons. The van der Waals surface area contributed by atoms with Crippen LogP contribution in [0.3, 0.4) is 0 Å². The van der Waals surface area contributed by atoms with Crippen molar-refractivity contribution < 1.29 is 4.79 Å².